The van der Waals surface area contributed by atoms with E-state index in [1.54, 1.807) is 0 Å². The molecule has 1 rings (SSSR count). The fraction of sp³-hybridized carbons (Fsp3) is 0.818. The number of hydrogen-bond acceptors (Lipinski definition) is 3. The quantitative estimate of drug-likeness (QED) is 0.636. The summed E-state index contributed by atoms with van der Waals surface area (Å²) in [5.74, 6) is -0.273. The summed E-state index contributed by atoms with van der Waals surface area (Å²) in [6, 6.07) is 2.35. The van der Waals surface area contributed by atoms with Gasteiger partial charge in [-0.1, -0.05) is 13.3 Å². The molecule has 1 aliphatic rings. The van der Waals surface area contributed by atoms with Crippen molar-refractivity contribution in [2.24, 2.45) is 5.41 Å². The first-order valence-electron chi connectivity index (χ1n) is 5.23. The van der Waals surface area contributed by atoms with Crippen LogP contribution in [0, 0.1) is 16.7 Å². The van der Waals surface area contributed by atoms with E-state index < -0.39 is 5.41 Å². The molecule has 0 aliphatic heterocycles. The van der Waals surface area contributed by atoms with Gasteiger partial charge >= 0.3 is 5.97 Å². The molecule has 0 bridgehead atoms. The summed E-state index contributed by atoms with van der Waals surface area (Å²) in [6.45, 7) is 3.40. The molecular formula is C11H17NO2. The lowest BCUT2D eigenvalue weighted by Crippen LogP contribution is -2.39. The van der Waals surface area contributed by atoms with E-state index in [4.69, 9.17) is 4.74 Å². The molecule has 78 valence electrons. The zero-order chi connectivity index (χ0) is 10.6. The van der Waals surface area contributed by atoms with Crippen LogP contribution in [-0.2, 0) is 9.53 Å². The minimum atomic E-state index is -0.427. The Bertz CT molecular complexity index is 257. The third kappa shape index (κ3) is 2.06. The molecule has 0 saturated heterocycles. The van der Waals surface area contributed by atoms with Crippen LogP contribution in [0.3, 0.4) is 0 Å². The molecule has 1 aliphatic carbocycles. The van der Waals surface area contributed by atoms with Crippen molar-refractivity contribution in [2.75, 3.05) is 0 Å². The maximum atomic E-state index is 10.9. The molecule has 0 aromatic carbocycles. The van der Waals surface area contributed by atoms with Crippen LogP contribution in [0.5, 0.6) is 0 Å². The monoisotopic (exact) mass is 195 g/mol. The predicted octanol–water partition coefficient (Wildman–Crippen LogP) is 2.41. The van der Waals surface area contributed by atoms with Gasteiger partial charge in [0.1, 0.15) is 6.10 Å². The van der Waals surface area contributed by atoms with Gasteiger partial charge in [0.25, 0.3) is 0 Å². The van der Waals surface area contributed by atoms with E-state index in [-0.39, 0.29) is 12.1 Å². The highest BCUT2D eigenvalue weighted by molar-refractivity contribution is 5.66. The van der Waals surface area contributed by atoms with Crippen molar-refractivity contribution in [3.05, 3.63) is 0 Å². The second-order valence-electron chi connectivity index (χ2n) is 3.97. The van der Waals surface area contributed by atoms with Crippen molar-refractivity contribution < 1.29 is 9.53 Å². The van der Waals surface area contributed by atoms with Gasteiger partial charge < -0.3 is 4.74 Å². The average molecular weight is 195 g/mol. The third-order valence-corrected chi connectivity index (χ3v) is 3.12. The van der Waals surface area contributed by atoms with Gasteiger partial charge in [-0.25, -0.2) is 0 Å². The summed E-state index contributed by atoms with van der Waals surface area (Å²) >= 11 is 0. The van der Waals surface area contributed by atoms with Gasteiger partial charge in [0.2, 0.25) is 0 Å². The van der Waals surface area contributed by atoms with Crippen molar-refractivity contribution in [1.82, 2.24) is 0 Å². The summed E-state index contributed by atoms with van der Waals surface area (Å²) in [6.07, 6.45) is 4.39. The van der Waals surface area contributed by atoms with Gasteiger partial charge in [0.05, 0.1) is 11.5 Å². The van der Waals surface area contributed by atoms with Gasteiger partial charge in [-0.2, -0.15) is 5.26 Å². The van der Waals surface area contributed by atoms with E-state index in [0.717, 1.165) is 32.1 Å². The topological polar surface area (TPSA) is 50.1 Å². The normalized spacial score (nSPS) is 31.9. The minimum Gasteiger partial charge on any atom is -0.461 e. The zero-order valence-electron chi connectivity index (χ0n) is 8.88. The molecular weight excluding hydrogens is 178 g/mol. The fourth-order valence-corrected chi connectivity index (χ4v) is 2.19. The SMILES string of the molecule is CCC1(C#N)CCCCC1OC(C)=O. The fourth-order valence-electron chi connectivity index (χ4n) is 2.19. The summed E-state index contributed by atoms with van der Waals surface area (Å²) in [5, 5.41) is 9.18. The largest absolute Gasteiger partial charge is 0.461 e. The second-order valence-corrected chi connectivity index (χ2v) is 3.97. The Morgan fingerprint density at radius 2 is 2.36 bits per heavy atom. The van der Waals surface area contributed by atoms with Crippen LogP contribution in [-0.4, -0.2) is 12.1 Å². The van der Waals surface area contributed by atoms with Gasteiger partial charge in [-0.05, 0) is 25.7 Å². The molecule has 0 aromatic rings. The Morgan fingerprint density at radius 3 is 2.86 bits per heavy atom. The van der Waals surface area contributed by atoms with Gasteiger partial charge in [0, 0.05) is 6.92 Å². The number of hydrogen-bond donors (Lipinski definition) is 0. The predicted molar refractivity (Wildman–Crippen MR) is 52.4 cm³/mol. The number of esters is 1. The molecule has 0 amide bonds. The van der Waals surface area contributed by atoms with Crippen LogP contribution in [0.4, 0.5) is 0 Å². The number of nitriles is 1. The van der Waals surface area contributed by atoms with E-state index in [2.05, 4.69) is 6.07 Å². The first kappa shape index (κ1) is 11.0. The molecule has 14 heavy (non-hydrogen) atoms. The summed E-state index contributed by atoms with van der Waals surface area (Å²) < 4.78 is 5.23. The lowest BCUT2D eigenvalue weighted by molar-refractivity contribution is -0.154. The van der Waals surface area contributed by atoms with E-state index in [1.807, 2.05) is 6.92 Å². The Labute approximate surface area is 85.1 Å². The summed E-state index contributed by atoms with van der Waals surface area (Å²) in [4.78, 5) is 10.9. The minimum absolute atomic E-state index is 0.191. The first-order chi connectivity index (χ1) is 6.64. The van der Waals surface area contributed by atoms with Crippen molar-refractivity contribution in [3.8, 4) is 6.07 Å². The molecule has 0 radical (unpaired) electrons. The molecule has 2 atom stereocenters. The smallest absolute Gasteiger partial charge is 0.302 e. The first-order valence-corrected chi connectivity index (χ1v) is 5.23. The van der Waals surface area contributed by atoms with Gasteiger partial charge in [0.15, 0.2) is 0 Å². The zero-order valence-corrected chi connectivity index (χ0v) is 8.88. The number of carbonyl (C=O) groups is 1. The third-order valence-electron chi connectivity index (χ3n) is 3.12. The van der Waals surface area contributed by atoms with E-state index in [1.165, 1.54) is 6.92 Å². The number of nitrogens with zero attached hydrogens (tertiary/aromatic N) is 1. The molecule has 2 unspecified atom stereocenters. The molecule has 1 saturated carbocycles. The van der Waals surface area contributed by atoms with Gasteiger partial charge in [-0.3, -0.25) is 4.79 Å². The van der Waals surface area contributed by atoms with Crippen LogP contribution in [0.2, 0.25) is 0 Å². The second kappa shape index (κ2) is 4.45. The Kier molecular flexibility index (Phi) is 3.51. The molecule has 0 spiro atoms. The number of ether oxygens (including phenoxy) is 1. The van der Waals surface area contributed by atoms with Crippen LogP contribution in [0.25, 0.3) is 0 Å². The molecule has 1 fully saturated rings. The maximum absolute atomic E-state index is 10.9. The maximum Gasteiger partial charge on any atom is 0.302 e. The van der Waals surface area contributed by atoms with Crippen molar-refractivity contribution >= 4 is 5.97 Å². The van der Waals surface area contributed by atoms with Crippen molar-refractivity contribution in [3.63, 3.8) is 0 Å². The molecule has 0 N–H and O–H groups in total. The van der Waals surface area contributed by atoms with Gasteiger partial charge in [-0.15, -0.1) is 0 Å². The summed E-state index contributed by atoms with van der Waals surface area (Å²) in [5.41, 5.74) is -0.427. The Balaban J connectivity index is 2.77. The average Bonchev–Trinajstić information content (AvgIpc) is 2.18. The highest BCUT2D eigenvalue weighted by Gasteiger charge is 2.41. The molecule has 0 heterocycles. The van der Waals surface area contributed by atoms with Crippen LogP contribution < -0.4 is 0 Å². The van der Waals surface area contributed by atoms with E-state index in [9.17, 15) is 10.1 Å². The standard InChI is InChI=1S/C11H17NO2/c1-3-11(8-12)7-5-4-6-10(11)14-9(2)13/h10H,3-7H2,1-2H3. The molecule has 0 aromatic heterocycles. The highest BCUT2D eigenvalue weighted by Crippen LogP contribution is 2.40. The van der Waals surface area contributed by atoms with Crippen LogP contribution in [0.1, 0.15) is 46.0 Å². The Hall–Kier alpha value is -1.04. The Morgan fingerprint density at radius 1 is 1.64 bits per heavy atom. The van der Waals surface area contributed by atoms with E-state index in [0.29, 0.717) is 0 Å². The molecule has 3 heteroatoms. The van der Waals surface area contributed by atoms with E-state index >= 15 is 0 Å². The van der Waals surface area contributed by atoms with Crippen molar-refractivity contribution in [1.29, 1.82) is 5.26 Å². The molecule has 3 nitrogen and oxygen atoms in total. The van der Waals surface area contributed by atoms with Crippen LogP contribution >= 0.6 is 0 Å². The summed E-state index contributed by atoms with van der Waals surface area (Å²) in [7, 11) is 0. The number of rotatable bonds is 2. The van der Waals surface area contributed by atoms with Crippen LogP contribution in [0.15, 0.2) is 0 Å². The van der Waals surface area contributed by atoms with Crippen molar-refractivity contribution in [2.45, 2.75) is 52.1 Å². The lowest BCUT2D eigenvalue weighted by atomic mass is 9.71. The highest BCUT2D eigenvalue weighted by atomic mass is 16.5. The number of carbonyl (C=O) groups excluding carboxylic acids is 1. The lowest BCUT2D eigenvalue weighted by Gasteiger charge is -2.37.